The molecule has 3 nitrogen and oxygen atoms in total. The first-order chi connectivity index (χ1) is 9.22. The highest BCUT2D eigenvalue weighted by molar-refractivity contribution is 5.85. The van der Waals surface area contributed by atoms with Gasteiger partial charge in [0.1, 0.15) is 18.2 Å². The lowest BCUT2D eigenvalue weighted by atomic mass is 9.99. The summed E-state index contributed by atoms with van der Waals surface area (Å²) in [5.41, 5.74) is 6.19. The largest absolute Gasteiger partial charge is 0.492 e. The number of likely N-dealkylation sites (tertiary alicyclic amines) is 1. The Morgan fingerprint density at radius 3 is 2.43 bits per heavy atom. The molecule has 0 unspecified atom stereocenters. The fourth-order valence-electron chi connectivity index (χ4n) is 2.97. The molecule has 0 amide bonds. The highest BCUT2D eigenvalue weighted by Crippen LogP contribution is 2.40. The van der Waals surface area contributed by atoms with Crippen molar-refractivity contribution in [3.8, 4) is 5.75 Å². The Bertz CT molecular complexity index is 428. The monoisotopic (exact) mass is 336 g/mol. The Hall–Kier alpha value is -0.550. The van der Waals surface area contributed by atoms with Crippen molar-refractivity contribution in [1.29, 1.82) is 0 Å². The summed E-state index contributed by atoms with van der Waals surface area (Å²) >= 11 is 0. The molecule has 6 heteroatoms. The number of benzene rings is 1. The first kappa shape index (κ1) is 18.5. The van der Waals surface area contributed by atoms with E-state index in [4.69, 9.17) is 10.5 Å². The average Bonchev–Trinajstić information content (AvgIpc) is 3.17. The molecule has 1 aromatic rings. The maximum absolute atomic E-state index is 12.7. The van der Waals surface area contributed by atoms with E-state index in [1.165, 1.54) is 25.0 Å². The second-order valence-corrected chi connectivity index (χ2v) is 5.73. The van der Waals surface area contributed by atoms with E-state index in [1.807, 2.05) is 0 Å². The Morgan fingerprint density at radius 2 is 1.81 bits per heavy atom. The van der Waals surface area contributed by atoms with Gasteiger partial charge in [0.05, 0.1) is 0 Å². The van der Waals surface area contributed by atoms with Gasteiger partial charge in [-0.1, -0.05) is 0 Å². The lowest BCUT2D eigenvalue weighted by Gasteiger charge is -2.16. The van der Waals surface area contributed by atoms with Gasteiger partial charge in [0.25, 0.3) is 0 Å². The summed E-state index contributed by atoms with van der Waals surface area (Å²) < 4.78 is 18.4. The maximum Gasteiger partial charge on any atom is 0.123 e. The normalized spacial score (nSPS) is 25.0. The van der Waals surface area contributed by atoms with Crippen LogP contribution in [0.3, 0.4) is 0 Å². The summed E-state index contributed by atoms with van der Waals surface area (Å²) in [6.07, 6.45) is 2.72. The van der Waals surface area contributed by atoms with Gasteiger partial charge in [0.2, 0.25) is 0 Å². The quantitative estimate of drug-likeness (QED) is 0.898. The molecule has 0 aromatic heterocycles. The van der Waals surface area contributed by atoms with Crippen molar-refractivity contribution < 1.29 is 9.13 Å². The van der Waals surface area contributed by atoms with Crippen molar-refractivity contribution in [2.75, 3.05) is 26.2 Å². The van der Waals surface area contributed by atoms with E-state index < -0.39 is 0 Å². The second kappa shape index (κ2) is 8.18. The molecule has 0 bridgehead atoms. The molecule has 21 heavy (non-hydrogen) atoms. The van der Waals surface area contributed by atoms with Crippen LogP contribution >= 0.6 is 24.8 Å². The maximum atomic E-state index is 12.7. The zero-order chi connectivity index (χ0) is 13.2. The molecule has 3 rings (SSSR count). The highest BCUT2D eigenvalue weighted by atomic mass is 35.5. The third kappa shape index (κ3) is 4.99. The molecule has 120 valence electrons. The molecule has 1 aliphatic heterocycles. The molecule has 1 heterocycles. The van der Waals surface area contributed by atoms with Gasteiger partial charge < -0.3 is 10.5 Å². The minimum atomic E-state index is -0.231. The summed E-state index contributed by atoms with van der Waals surface area (Å²) in [6, 6.07) is 6.50. The Kier molecular flexibility index (Phi) is 7.21. The molecule has 1 saturated heterocycles. The van der Waals surface area contributed by atoms with Crippen molar-refractivity contribution in [2.24, 2.45) is 17.6 Å². The molecule has 1 aromatic carbocycles. The van der Waals surface area contributed by atoms with E-state index in [9.17, 15) is 4.39 Å². The molecule has 0 radical (unpaired) electrons. The Balaban J connectivity index is 0.00000110. The van der Waals surface area contributed by atoms with Gasteiger partial charge in [-0.05, 0) is 48.9 Å². The lowest BCUT2D eigenvalue weighted by Crippen LogP contribution is -2.31. The van der Waals surface area contributed by atoms with Gasteiger partial charge in [0, 0.05) is 25.7 Å². The van der Waals surface area contributed by atoms with Crippen LogP contribution in [-0.4, -0.2) is 37.2 Å². The smallest absolute Gasteiger partial charge is 0.123 e. The summed E-state index contributed by atoms with van der Waals surface area (Å²) in [7, 11) is 0. The zero-order valence-corrected chi connectivity index (χ0v) is 13.5. The van der Waals surface area contributed by atoms with Crippen molar-refractivity contribution in [3.63, 3.8) is 0 Å². The van der Waals surface area contributed by atoms with Crippen LogP contribution in [0.25, 0.3) is 0 Å². The summed E-state index contributed by atoms with van der Waals surface area (Å²) in [4.78, 5) is 2.39. The predicted molar refractivity (Wildman–Crippen MR) is 87.0 cm³/mol. The third-order valence-electron chi connectivity index (χ3n) is 4.21. The van der Waals surface area contributed by atoms with Crippen LogP contribution in [0, 0.1) is 17.7 Å². The fraction of sp³-hybridized carbons (Fsp3) is 0.600. The van der Waals surface area contributed by atoms with E-state index in [2.05, 4.69) is 4.90 Å². The lowest BCUT2D eigenvalue weighted by molar-refractivity contribution is 0.230. The number of nitrogens with two attached hydrogens (primary N) is 1. The number of rotatable bonds is 5. The zero-order valence-electron chi connectivity index (χ0n) is 11.9. The van der Waals surface area contributed by atoms with Gasteiger partial charge in [-0.15, -0.1) is 24.8 Å². The van der Waals surface area contributed by atoms with Crippen molar-refractivity contribution in [1.82, 2.24) is 4.90 Å². The van der Waals surface area contributed by atoms with Gasteiger partial charge in [-0.3, -0.25) is 4.90 Å². The standard InChI is InChI=1S/C15H21FN2O.2ClH/c16-12-3-5-13(6-4-12)19-8-7-18-9-14(11-1-2-11)15(17)10-18;;/h3-6,11,14-15H,1-2,7-10,17H2;2*1H/t14-,15+;;/m1../s1. The molecule has 2 aliphatic rings. The number of ether oxygens (including phenoxy) is 1. The van der Waals surface area contributed by atoms with E-state index in [1.54, 1.807) is 12.1 Å². The Morgan fingerprint density at radius 1 is 1.14 bits per heavy atom. The first-order valence-electron chi connectivity index (χ1n) is 7.08. The Labute approximate surface area is 137 Å². The van der Waals surface area contributed by atoms with Crippen molar-refractivity contribution >= 4 is 24.8 Å². The molecule has 2 atom stereocenters. The van der Waals surface area contributed by atoms with Crippen molar-refractivity contribution in [2.45, 2.75) is 18.9 Å². The van der Waals surface area contributed by atoms with Crippen LogP contribution in [0.2, 0.25) is 0 Å². The molecule has 1 saturated carbocycles. The summed E-state index contributed by atoms with van der Waals surface area (Å²) in [5.74, 6) is 2.05. The van der Waals surface area contributed by atoms with Crippen LogP contribution in [0.5, 0.6) is 5.75 Å². The summed E-state index contributed by atoms with van der Waals surface area (Å²) in [5, 5.41) is 0. The molecular weight excluding hydrogens is 314 g/mol. The van der Waals surface area contributed by atoms with E-state index in [0.29, 0.717) is 18.6 Å². The number of hydrogen-bond donors (Lipinski definition) is 1. The van der Waals surface area contributed by atoms with Gasteiger partial charge in [-0.25, -0.2) is 4.39 Å². The molecule has 2 fully saturated rings. The predicted octanol–water partition coefficient (Wildman–Crippen LogP) is 2.72. The van der Waals surface area contributed by atoms with Gasteiger partial charge >= 0.3 is 0 Å². The van der Waals surface area contributed by atoms with E-state index in [-0.39, 0.29) is 30.6 Å². The highest BCUT2D eigenvalue weighted by Gasteiger charge is 2.40. The van der Waals surface area contributed by atoms with Crippen LogP contribution in [0.4, 0.5) is 4.39 Å². The number of halogens is 3. The topological polar surface area (TPSA) is 38.5 Å². The molecular formula is C15H23Cl2FN2O. The minimum Gasteiger partial charge on any atom is -0.492 e. The average molecular weight is 337 g/mol. The molecule has 1 aliphatic carbocycles. The van der Waals surface area contributed by atoms with Crippen LogP contribution < -0.4 is 10.5 Å². The molecule has 2 N–H and O–H groups in total. The third-order valence-corrected chi connectivity index (χ3v) is 4.21. The number of nitrogens with zero attached hydrogens (tertiary/aromatic N) is 1. The van der Waals surface area contributed by atoms with Gasteiger partial charge in [0.15, 0.2) is 0 Å². The van der Waals surface area contributed by atoms with E-state index >= 15 is 0 Å². The van der Waals surface area contributed by atoms with Crippen LogP contribution in [0.1, 0.15) is 12.8 Å². The SMILES string of the molecule is Cl.Cl.N[C@H]1CN(CCOc2ccc(F)cc2)C[C@@H]1C1CC1. The summed E-state index contributed by atoms with van der Waals surface area (Å²) in [6.45, 7) is 3.62. The van der Waals surface area contributed by atoms with Crippen LogP contribution in [0.15, 0.2) is 24.3 Å². The number of hydrogen-bond acceptors (Lipinski definition) is 3. The first-order valence-corrected chi connectivity index (χ1v) is 7.08. The van der Waals surface area contributed by atoms with Crippen molar-refractivity contribution in [3.05, 3.63) is 30.1 Å². The molecule has 0 spiro atoms. The minimum absolute atomic E-state index is 0. The van der Waals surface area contributed by atoms with Gasteiger partial charge in [-0.2, -0.15) is 0 Å². The van der Waals surface area contributed by atoms with Crippen LogP contribution in [-0.2, 0) is 0 Å². The van der Waals surface area contributed by atoms with E-state index in [0.717, 1.165) is 31.3 Å². The second-order valence-electron chi connectivity index (χ2n) is 5.73. The fourth-order valence-corrected chi connectivity index (χ4v) is 2.97.